The predicted molar refractivity (Wildman–Crippen MR) is 50.8 cm³/mol. The van der Waals surface area contributed by atoms with Crippen LogP contribution < -0.4 is 5.73 Å². The number of nitrogens with zero attached hydrogens (tertiary/aromatic N) is 2. The van der Waals surface area contributed by atoms with Crippen LogP contribution >= 0.6 is 0 Å². The molecule has 76 valence electrons. The van der Waals surface area contributed by atoms with Crippen LogP contribution in [0.1, 0.15) is 55.7 Å². The largest absolute Gasteiger partial charge is 0.339 e. The molecule has 2 N–H and O–H groups in total. The fraction of sp³-hybridized carbons (Fsp3) is 0.800. The minimum absolute atomic E-state index is 0.330. The van der Waals surface area contributed by atoms with Crippen LogP contribution in [-0.2, 0) is 0 Å². The van der Waals surface area contributed by atoms with Gasteiger partial charge in [0.05, 0.1) is 0 Å². The molecule has 0 aromatic carbocycles. The summed E-state index contributed by atoms with van der Waals surface area (Å²) in [6.45, 7) is 0. The summed E-state index contributed by atoms with van der Waals surface area (Å²) in [5.74, 6) is 2.74. The van der Waals surface area contributed by atoms with Gasteiger partial charge in [0.25, 0.3) is 0 Å². The van der Waals surface area contributed by atoms with Crippen LogP contribution in [0.4, 0.5) is 0 Å². The van der Waals surface area contributed by atoms with Crippen molar-refractivity contribution in [2.45, 2.75) is 50.0 Å². The molecule has 1 aromatic heterocycles. The Bertz CT molecular complexity index is 332. The summed E-state index contributed by atoms with van der Waals surface area (Å²) in [7, 11) is 0. The van der Waals surface area contributed by atoms with Gasteiger partial charge in [0.15, 0.2) is 5.82 Å². The first-order chi connectivity index (χ1) is 6.83. The Kier molecular flexibility index (Phi) is 1.83. The lowest BCUT2D eigenvalue weighted by Gasteiger charge is -2.01. The molecular formula is C10H15N3O. The number of hydrogen-bond donors (Lipinski definition) is 1. The van der Waals surface area contributed by atoms with Gasteiger partial charge in [-0.2, -0.15) is 4.98 Å². The molecule has 0 aliphatic heterocycles. The van der Waals surface area contributed by atoms with E-state index in [9.17, 15) is 0 Å². The zero-order valence-corrected chi connectivity index (χ0v) is 8.15. The van der Waals surface area contributed by atoms with Gasteiger partial charge in [0, 0.05) is 17.9 Å². The van der Waals surface area contributed by atoms with E-state index in [0.29, 0.717) is 17.9 Å². The van der Waals surface area contributed by atoms with Crippen LogP contribution in [0, 0.1) is 0 Å². The molecule has 3 rings (SSSR count). The lowest BCUT2D eigenvalue weighted by atomic mass is 10.1. The van der Waals surface area contributed by atoms with Crippen LogP contribution in [-0.4, -0.2) is 16.2 Å². The van der Waals surface area contributed by atoms with Gasteiger partial charge in [0.1, 0.15) is 0 Å². The maximum absolute atomic E-state index is 5.85. The minimum Gasteiger partial charge on any atom is -0.339 e. The highest BCUT2D eigenvalue weighted by Gasteiger charge is 2.32. The summed E-state index contributed by atoms with van der Waals surface area (Å²) in [5.41, 5.74) is 5.85. The van der Waals surface area contributed by atoms with E-state index in [0.717, 1.165) is 31.0 Å². The van der Waals surface area contributed by atoms with Crippen molar-refractivity contribution in [3.63, 3.8) is 0 Å². The maximum atomic E-state index is 5.85. The minimum atomic E-state index is 0.330. The summed E-state index contributed by atoms with van der Waals surface area (Å²) in [5, 5.41) is 4.02. The average Bonchev–Trinajstić information content (AvgIpc) is 2.76. The molecule has 0 saturated heterocycles. The molecule has 1 aromatic rings. The van der Waals surface area contributed by atoms with Crippen molar-refractivity contribution in [3.05, 3.63) is 11.7 Å². The van der Waals surface area contributed by atoms with Crippen molar-refractivity contribution in [2.75, 3.05) is 0 Å². The topological polar surface area (TPSA) is 64.9 Å². The van der Waals surface area contributed by atoms with Crippen LogP contribution in [0.5, 0.6) is 0 Å². The monoisotopic (exact) mass is 193 g/mol. The molecular weight excluding hydrogens is 178 g/mol. The van der Waals surface area contributed by atoms with Crippen LogP contribution in [0.25, 0.3) is 0 Å². The fourth-order valence-electron chi connectivity index (χ4n) is 2.16. The van der Waals surface area contributed by atoms with E-state index in [1.54, 1.807) is 0 Å². The van der Waals surface area contributed by atoms with Gasteiger partial charge < -0.3 is 10.3 Å². The van der Waals surface area contributed by atoms with Gasteiger partial charge >= 0.3 is 0 Å². The molecule has 2 atom stereocenters. The average molecular weight is 193 g/mol. The van der Waals surface area contributed by atoms with Crippen LogP contribution in [0.2, 0.25) is 0 Å². The molecule has 0 amide bonds. The Morgan fingerprint density at radius 2 is 1.93 bits per heavy atom. The molecule has 1 heterocycles. The first kappa shape index (κ1) is 8.41. The number of rotatable bonds is 2. The second kappa shape index (κ2) is 3.05. The highest BCUT2D eigenvalue weighted by atomic mass is 16.5. The second-order valence-electron chi connectivity index (χ2n) is 4.54. The lowest BCUT2D eigenvalue weighted by Crippen LogP contribution is -2.14. The van der Waals surface area contributed by atoms with E-state index in [1.165, 1.54) is 12.8 Å². The third-order valence-electron chi connectivity index (χ3n) is 3.22. The van der Waals surface area contributed by atoms with E-state index >= 15 is 0 Å². The molecule has 2 fully saturated rings. The van der Waals surface area contributed by atoms with E-state index in [2.05, 4.69) is 10.1 Å². The molecule has 2 saturated carbocycles. The summed E-state index contributed by atoms with van der Waals surface area (Å²) in [6, 6.07) is 0.330. The molecule has 2 aliphatic rings. The Labute approximate surface area is 82.9 Å². The molecule has 4 heteroatoms. The molecule has 4 nitrogen and oxygen atoms in total. The number of aromatic nitrogens is 2. The summed E-state index contributed by atoms with van der Waals surface area (Å²) in [6.07, 6.45) is 5.65. The SMILES string of the molecule is N[C@@H]1CC[C@H](c2nc(C3CC3)no2)C1. The fourth-order valence-corrected chi connectivity index (χ4v) is 2.16. The van der Waals surface area contributed by atoms with Gasteiger partial charge in [0.2, 0.25) is 5.89 Å². The standard InChI is InChI=1S/C10H15N3O/c11-8-4-3-7(5-8)10-12-9(13-14-10)6-1-2-6/h6-8H,1-5,11H2/t7-,8+/m0/s1. The third kappa shape index (κ3) is 1.43. The number of hydrogen-bond acceptors (Lipinski definition) is 4. The molecule has 0 radical (unpaired) electrons. The van der Waals surface area contributed by atoms with E-state index < -0.39 is 0 Å². The predicted octanol–water partition coefficient (Wildman–Crippen LogP) is 1.54. The first-order valence-electron chi connectivity index (χ1n) is 5.42. The Morgan fingerprint density at radius 3 is 2.57 bits per heavy atom. The highest BCUT2D eigenvalue weighted by molar-refractivity contribution is 5.06. The summed E-state index contributed by atoms with van der Waals surface area (Å²) in [4.78, 5) is 4.46. The second-order valence-corrected chi connectivity index (χ2v) is 4.54. The van der Waals surface area contributed by atoms with Crippen molar-refractivity contribution in [3.8, 4) is 0 Å². The third-order valence-corrected chi connectivity index (χ3v) is 3.22. The molecule has 0 unspecified atom stereocenters. The molecule has 2 aliphatic carbocycles. The zero-order valence-electron chi connectivity index (χ0n) is 8.15. The highest BCUT2D eigenvalue weighted by Crippen LogP contribution is 2.40. The molecule has 0 bridgehead atoms. The summed E-state index contributed by atoms with van der Waals surface area (Å²) < 4.78 is 5.28. The van der Waals surface area contributed by atoms with Gasteiger partial charge in [-0.15, -0.1) is 0 Å². The van der Waals surface area contributed by atoms with E-state index in [-0.39, 0.29) is 0 Å². The smallest absolute Gasteiger partial charge is 0.229 e. The Hall–Kier alpha value is -0.900. The van der Waals surface area contributed by atoms with Gasteiger partial charge in [-0.05, 0) is 32.1 Å². The molecule has 0 spiro atoms. The van der Waals surface area contributed by atoms with Gasteiger partial charge in [-0.1, -0.05) is 5.16 Å². The van der Waals surface area contributed by atoms with Crippen molar-refractivity contribution in [2.24, 2.45) is 5.73 Å². The van der Waals surface area contributed by atoms with Gasteiger partial charge in [-0.25, -0.2) is 0 Å². The quantitative estimate of drug-likeness (QED) is 0.773. The van der Waals surface area contributed by atoms with E-state index in [1.807, 2.05) is 0 Å². The first-order valence-corrected chi connectivity index (χ1v) is 5.42. The van der Waals surface area contributed by atoms with Crippen molar-refractivity contribution < 1.29 is 4.52 Å². The normalized spacial score (nSPS) is 32.4. The summed E-state index contributed by atoms with van der Waals surface area (Å²) >= 11 is 0. The van der Waals surface area contributed by atoms with Crippen LogP contribution in [0.3, 0.4) is 0 Å². The Balaban J connectivity index is 1.75. The van der Waals surface area contributed by atoms with Crippen molar-refractivity contribution in [1.29, 1.82) is 0 Å². The Morgan fingerprint density at radius 1 is 1.14 bits per heavy atom. The maximum Gasteiger partial charge on any atom is 0.229 e. The lowest BCUT2D eigenvalue weighted by molar-refractivity contribution is 0.349. The van der Waals surface area contributed by atoms with Crippen molar-refractivity contribution >= 4 is 0 Å². The number of nitrogens with two attached hydrogens (primary N) is 1. The van der Waals surface area contributed by atoms with Crippen LogP contribution in [0.15, 0.2) is 4.52 Å². The van der Waals surface area contributed by atoms with Crippen molar-refractivity contribution in [1.82, 2.24) is 10.1 Å². The zero-order chi connectivity index (χ0) is 9.54. The van der Waals surface area contributed by atoms with Gasteiger partial charge in [-0.3, -0.25) is 0 Å². The van der Waals surface area contributed by atoms with E-state index in [4.69, 9.17) is 10.3 Å². The molecule has 14 heavy (non-hydrogen) atoms.